The predicted octanol–water partition coefficient (Wildman–Crippen LogP) is 4.36. The van der Waals surface area contributed by atoms with Gasteiger partial charge in [0, 0.05) is 5.56 Å². The number of hydrogen-bond acceptors (Lipinski definition) is 7. The monoisotopic (exact) mass is 391 g/mol. The first-order valence-electron chi connectivity index (χ1n) is 8.52. The maximum atomic E-state index is 12.4. The molecule has 0 saturated carbocycles. The Balaban J connectivity index is 1.72. The summed E-state index contributed by atoms with van der Waals surface area (Å²) in [4.78, 5) is 4.31. The van der Waals surface area contributed by atoms with Crippen molar-refractivity contribution >= 4 is 5.69 Å². The largest absolute Gasteiger partial charge is 0.493 e. The van der Waals surface area contributed by atoms with E-state index in [-0.39, 0.29) is 11.5 Å². The second kappa shape index (κ2) is 9.03. The Kier molecular flexibility index (Phi) is 6.25. The number of benzene rings is 2. The second-order valence-corrected chi connectivity index (χ2v) is 5.54. The molecule has 1 heterocycles. The predicted molar refractivity (Wildman–Crippen MR) is 97.9 cm³/mol. The van der Waals surface area contributed by atoms with Gasteiger partial charge >= 0.3 is 6.61 Å². The van der Waals surface area contributed by atoms with E-state index in [0.717, 1.165) is 11.4 Å². The Morgan fingerprint density at radius 3 is 2.68 bits per heavy atom. The lowest BCUT2D eigenvalue weighted by atomic mass is 10.2. The van der Waals surface area contributed by atoms with E-state index in [9.17, 15) is 8.78 Å². The number of anilines is 1. The molecule has 1 aromatic heterocycles. The molecule has 3 aromatic rings. The molecule has 0 fully saturated rings. The molecule has 9 heteroatoms. The first-order valence-corrected chi connectivity index (χ1v) is 8.52. The molecule has 2 aromatic carbocycles. The van der Waals surface area contributed by atoms with Crippen LogP contribution in [0.4, 0.5) is 14.5 Å². The van der Waals surface area contributed by atoms with E-state index in [4.69, 9.17) is 14.0 Å². The van der Waals surface area contributed by atoms with Gasteiger partial charge in [0.05, 0.1) is 25.9 Å². The number of nitrogens with one attached hydrogen (secondary N) is 1. The lowest BCUT2D eigenvalue weighted by Crippen LogP contribution is -2.03. The molecule has 0 aliphatic heterocycles. The maximum Gasteiger partial charge on any atom is 0.387 e. The smallest absolute Gasteiger partial charge is 0.387 e. The van der Waals surface area contributed by atoms with Crippen LogP contribution in [-0.4, -0.2) is 30.5 Å². The van der Waals surface area contributed by atoms with Crippen LogP contribution in [0.15, 0.2) is 47.0 Å². The topological polar surface area (TPSA) is 78.6 Å². The zero-order valence-corrected chi connectivity index (χ0v) is 15.3. The number of rotatable bonds is 9. The highest BCUT2D eigenvalue weighted by atomic mass is 19.3. The van der Waals surface area contributed by atoms with Gasteiger partial charge in [-0.3, -0.25) is 0 Å². The number of para-hydroxylation sites is 2. The lowest BCUT2D eigenvalue weighted by molar-refractivity contribution is -0.0512. The van der Waals surface area contributed by atoms with Gasteiger partial charge in [0.2, 0.25) is 11.7 Å². The van der Waals surface area contributed by atoms with Crippen molar-refractivity contribution in [3.05, 3.63) is 48.4 Å². The number of methoxy groups -OCH3 is 1. The van der Waals surface area contributed by atoms with Crippen molar-refractivity contribution in [1.82, 2.24) is 10.1 Å². The minimum atomic E-state index is -2.94. The normalized spacial score (nSPS) is 10.8. The highest BCUT2D eigenvalue weighted by Gasteiger charge is 2.15. The first-order chi connectivity index (χ1) is 13.6. The zero-order chi connectivity index (χ0) is 19.9. The van der Waals surface area contributed by atoms with Crippen molar-refractivity contribution < 1.29 is 27.5 Å². The fraction of sp³-hybridized carbons (Fsp3) is 0.263. The molecular weight excluding hydrogens is 372 g/mol. The summed E-state index contributed by atoms with van der Waals surface area (Å²) in [6.45, 7) is -0.188. The Morgan fingerprint density at radius 2 is 1.93 bits per heavy atom. The molecule has 0 saturated heterocycles. The third kappa shape index (κ3) is 4.67. The summed E-state index contributed by atoms with van der Waals surface area (Å²) >= 11 is 0. The Bertz CT molecular complexity index is 918. The Labute approximate surface area is 160 Å². The van der Waals surface area contributed by atoms with Crippen molar-refractivity contribution in [2.24, 2.45) is 0 Å². The SMILES string of the molecule is CCOc1ccccc1NCc1nc(-c2ccc(OC(F)F)c(OC)c2)no1. The van der Waals surface area contributed by atoms with Gasteiger partial charge in [0.1, 0.15) is 5.75 Å². The van der Waals surface area contributed by atoms with Crippen LogP contribution >= 0.6 is 0 Å². The number of nitrogens with zero attached hydrogens (tertiary/aromatic N) is 2. The van der Waals surface area contributed by atoms with E-state index in [1.54, 1.807) is 6.07 Å². The number of aromatic nitrogens is 2. The third-order valence-corrected chi connectivity index (χ3v) is 3.72. The van der Waals surface area contributed by atoms with Crippen molar-refractivity contribution in [2.75, 3.05) is 19.0 Å². The maximum absolute atomic E-state index is 12.4. The summed E-state index contributed by atoms with van der Waals surface area (Å²) < 4.78 is 45.2. The number of ether oxygens (including phenoxy) is 3. The van der Waals surface area contributed by atoms with E-state index in [2.05, 4.69) is 20.2 Å². The molecule has 0 atom stereocenters. The van der Waals surface area contributed by atoms with E-state index in [1.807, 2.05) is 31.2 Å². The van der Waals surface area contributed by atoms with Gasteiger partial charge in [0.25, 0.3) is 0 Å². The molecule has 148 valence electrons. The van der Waals surface area contributed by atoms with Crippen LogP contribution in [0.25, 0.3) is 11.4 Å². The van der Waals surface area contributed by atoms with Gasteiger partial charge in [-0.15, -0.1) is 0 Å². The van der Waals surface area contributed by atoms with Gasteiger partial charge in [-0.05, 0) is 37.3 Å². The highest BCUT2D eigenvalue weighted by Crippen LogP contribution is 2.32. The molecule has 0 aliphatic rings. The van der Waals surface area contributed by atoms with Gasteiger partial charge < -0.3 is 24.1 Å². The molecule has 1 N–H and O–H groups in total. The number of alkyl halides is 2. The number of halogens is 2. The summed E-state index contributed by atoms with van der Waals surface area (Å²) in [6, 6.07) is 11.9. The Hall–Kier alpha value is -3.36. The summed E-state index contributed by atoms with van der Waals surface area (Å²) in [5, 5.41) is 7.10. The molecule has 3 rings (SSSR count). The molecule has 0 radical (unpaired) electrons. The quantitative estimate of drug-likeness (QED) is 0.581. The molecule has 7 nitrogen and oxygen atoms in total. The highest BCUT2D eigenvalue weighted by molar-refractivity contribution is 5.61. The summed E-state index contributed by atoms with van der Waals surface area (Å²) in [5.41, 5.74) is 1.35. The second-order valence-electron chi connectivity index (χ2n) is 5.54. The van der Waals surface area contributed by atoms with Crippen LogP contribution in [0.1, 0.15) is 12.8 Å². The summed E-state index contributed by atoms with van der Waals surface area (Å²) in [6.07, 6.45) is 0. The standard InChI is InChI=1S/C19H19F2N3O4/c1-3-26-14-7-5-4-6-13(14)22-11-17-23-18(24-28-17)12-8-9-15(27-19(20)21)16(10-12)25-2/h4-10,19,22H,3,11H2,1-2H3. The van der Waals surface area contributed by atoms with E-state index < -0.39 is 6.61 Å². The van der Waals surface area contributed by atoms with Crippen LogP contribution in [-0.2, 0) is 6.54 Å². The van der Waals surface area contributed by atoms with Crippen LogP contribution in [0.3, 0.4) is 0 Å². The van der Waals surface area contributed by atoms with Crippen molar-refractivity contribution in [3.63, 3.8) is 0 Å². The fourth-order valence-electron chi connectivity index (χ4n) is 2.51. The fourth-order valence-corrected chi connectivity index (χ4v) is 2.51. The minimum Gasteiger partial charge on any atom is -0.493 e. The van der Waals surface area contributed by atoms with Crippen LogP contribution in [0, 0.1) is 0 Å². The first kappa shape index (κ1) is 19.4. The van der Waals surface area contributed by atoms with E-state index >= 15 is 0 Å². The van der Waals surface area contributed by atoms with Crippen molar-refractivity contribution in [3.8, 4) is 28.6 Å². The van der Waals surface area contributed by atoms with Gasteiger partial charge in [-0.2, -0.15) is 13.8 Å². The van der Waals surface area contributed by atoms with Crippen LogP contribution < -0.4 is 19.5 Å². The third-order valence-electron chi connectivity index (χ3n) is 3.72. The average Bonchev–Trinajstić information content (AvgIpc) is 3.16. The van der Waals surface area contributed by atoms with E-state index in [0.29, 0.717) is 30.4 Å². The van der Waals surface area contributed by atoms with Crippen LogP contribution in [0.5, 0.6) is 17.2 Å². The zero-order valence-electron chi connectivity index (χ0n) is 15.3. The molecular formula is C19H19F2N3O4. The molecule has 0 spiro atoms. The number of hydrogen-bond donors (Lipinski definition) is 1. The molecule has 0 bridgehead atoms. The van der Waals surface area contributed by atoms with Crippen molar-refractivity contribution in [2.45, 2.75) is 20.1 Å². The molecule has 0 unspecified atom stereocenters. The van der Waals surface area contributed by atoms with Gasteiger partial charge in [-0.1, -0.05) is 17.3 Å². The molecule has 0 aliphatic carbocycles. The van der Waals surface area contributed by atoms with Gasteiger partial charge in [0.15, 0.2) is 11.5 Å². The van der Waals surface area contributed by atoms with Crippen molar-refractivity contribution in [1.29, 1.82) is 0 Å². The minimum absolute atomic E-state index is 0.0702. The molecule has 28 heavy (non-hydrogen) atoms. The molecule has 0 amide bonds. The summed E-state index contributed by atoms with van der Waals surface area (Å²) in [7, 11) is 1.36. The summed E-state index contributed by atoms with van der Waals surface area (Å²) in [5.74, 6) is 1.46. The Morgan fingerprint density at radius 1 is 1.11 bits per heavy atom. The van der Waals surface area contributed by atoms with Crippen LogP contribution in [0.2, 0.25) is 0 Å². The van der Waals surface area contributed by atoms with Gasteiger partial charge in [-0.25, -0.2) is 0 Å². The average molecular weight is 391 g/mol. The van der Waals surface area contributed by atoms with E-state index in [1.165, 1.54) is 19.2 Å². The lowest BCUT2D eigenvalue weighted by Gasteiger charge is -2.10.